The minimum atomic E-state index is -0.791. The van der Waals surface area contributed by atoms with E-state index in [0.29, 0.717) is 5.52 Å². The standard InChI is InChI=1S/C15H13N3O2.C2H6/c1-10(19)12(8-9-16)18-15(20)14-7-6-11-4-2-3-5-13(11)17-14;1-2/h2-7,12H,8H2,1H3,(H,18,20);1-2H3/t12-;/m0./s1. The Labute approximate surface area is 130 Å². The molecule has 0 spiro atoms. The third-order valence-corrected chi connectivity index (χ3v) is 2.92. The Balaban J connectivity index is 0.00000116. The molecule has 1 amide bonds. The van der Waals surface area contributed by atoms with Gasteiger partial charge in [0, 0.05) is 5.39 Å². The zero-order valence-corrected chi connectivity index (χ0v) is 13.0. The molecule has 0 unspecified atom stereocenters. The van der Waals surface area contributed by atoms with Gasteiger partial charge in [-0.2, -0.15) is 5.26 Å². The van der Waals surface area contributed by atoms with Crippen LogP contribution in [-0.2, 0) is 4.79 Å². The molecule has 5 nitrogen and oxygen atoms in total. The van der Waals surface area contributed by atoms with Gasteiger partial charge in [-0.1, -0.05) is 38.1 Å². The highest BCUT2D eigenvalue weighted by Crippen LogP contribution is 2.11. The van der Waals surface area contributed by atoms with E-state index in [2.05, 4.69) is 10.3 Å². The van der Waals surface area contributed by atoms with Gasteiger partial charge in [-0.3, -0.25) is 9.59 Å². The Kier molecular flexibility index (Phi) is 6.71. The summed E-state index contributed by atoms with van der Waals surface area (Å²) >= 11 is 0. The largest absolute Gasteiger partial charge is 0.340 e. The van der Waals surface area contributed by atoms with Crippen molar-refractivity contribution < 1.29 is 9.59 Å². The van der Waals surface area contributed by atoms with Crippen LogP contribution in [0.1, 0.15) is 37.7 Å². The van der Waals surface area contributed by atoms with Crippen LogP contribution in [0.5, 0.6) is 0 Å². The zero-order chi connectivity index (χ0) is 16.5. The third-order valence-electron chi connectivity index (χ3n) is 2.92. The lowest BCUT2D eigenvalue weighted by molar-refractivity contribution is -0.118. The second-order valence-electron chi connectivity index (χ2n) is 4.39. The maximum Gasteiger partial charge on any atom is 0.270 e. The summed E-state index contributed by atoms with van der Waals surface area (Å²) in [5.41, 5.74) is 0.938. The van der Waals surface area contributed by atoms with Crippen molar-refractivity contribution in [3.8, 4) is 6.07 Å². The van der Waals surface area contributed by atoms with Crippen LogP contribution in [0.2, 0.25) is 0 Å². The van der Waals surface area contributed by atoms with Gasteiger partial charge in [0.05, 0.1) is 18.0 Å². The highest BCUT2D eigenvalue weighted by atomic mass is 16.2. The molecule has 0 fully saturated rings. The van der Waals surface area contributed by atoms with Crippen molar-refractivity contribution in [1.82, 2.24) is 10.3 Å². The molecule has 0 radical (unpaired) electrons. The first-order valence-electron chi connectivity index (χ1n) is 7.16. The first kappa shape index (κ1) is 17.3. The molecule has 0 aliphatic rings. The second-order valence-corrected chi connectivity index (χ2v) is 4.39. The van der Waals surface area contributed by atoms with E-state index in [1.807, 2.05) is 44.2 Å². The quantitative estimate of drug-likeness (QED) is 0.940. The van der Waals surface area contributed by atoms with Crippen molar-refractivity contribution in [2.75, 3.05) is 0 Å². The molecule has 1 aromatic carbocycles. The number of fused-ring (bicyclic) bond motifs is 1. The van der Waals surface area contributed by atoms with Gasteiger partial charge in [-0.05, 0) is 19.1 Å². The van der Waals surface area contributed by atoms with E-state index in [1.54, 1.807) is 12.1 Å². The van der Waals surface area contributed by atoms with Crippen LogP contribution in [0.15, 0.2) is 36.4 Å². The van der Waals surface area contributed by atoms with Crippen LogP contribution in [-0.4, -0.2) is 22.7 Å². The number of carbonyl (C=O) groups excluding carboxylic acids is 2. The topological polar surface area (TPSA) is 82.9 Å². The van der Waals surface area contributed by atoms with Gasteiger partial charge in [0.15, 0.2) is 5.78 Å². The molecule has 1 aromatic heterocycles. The SMILES string of the molecule is CC.CC(=O)[C@H](CC#N)NC(=O)c1ccc2ccccc2n1. The van der Waals surface area contributed by atoms with Gasteiger partial charge < -0.3 is 5.32 Å². The molecule has 0 aliphatic carbocycles. The molecular weight excluding hydrogens is 278 g/mol. The summed E-state index contributed by atoms with van der Waals surface area (Å²) in [7, 11) is 0. The first-order valence-corrected chi connectivity index (χ1v) is 7.16. The molecule has 0 saturated heterocycles. The summed E-state index contributed by atoms with van der Waals surface area (Å²) in [4.78, 5) is 27.6. The Morgan fingerprint density at radius 1 is 1.23 bits per heavy atom. The Morgan fingerprint density at radius 3 is 2.55 bits per heavy atom. The van der Waals surface area contributed by atoms with Crippen LogP contribution in [0.25, 0.3) is 10.9 Å². The number of nitriles is 1. The minimum absolute atomic E-state index is 0.0470. The molecular formula is C17H19N3O2. The van der Waals surface area contributed by atoms with Gasteiger partial charge in [0.2, 0.25) is 0 Å². The van der Waals surface area contributed by atoms with Crippen LogP contribution < -0.4 is 5.32 Å². The lowest BCUT2D eigenvalue weighted by Gasteiger charge is -2.12. The van der Waals surface area contributed by atoms with Crippen molar-refractivity contribution in [1.29, 1.82) is 5.26 Å². The van der Waals surface area contributed by atoms with E-state index >= 15 is 0 Å². The number of amides is 1. The van der Waals surface area contributed by atoms with Crippen LogP contribution in [0, 0.1) is 11.3 Å². The van der Waals surface area contributed by atoms with Crippen molar-refractivity contribution in [3.63, 3.8) is 0 Å². The average Bonchev–Trinajstić information content (AvgIpc) is 2.55. The van der Waals surface area contributed by atoms with E-state index < -0.39 is 11.9 Å². The number of carbonyl (C=O) groups is 2. The number of hydrogen-bond donors (Lipinski definition) is 1. The molecule has 5 heteroatoms. The molecule has 1 atom stereocenters. The van der Waals surface area contributed by atoms with Gasteiger partial charge in [0.1, 0.15) is 11.7 Å². The minimum Gasteiger partial charge on any atom is -0.340 e. The molecule has 2 aromatic rings. The number of hydrogen-bond acceptors (Lipinski definition) is 4. The smallest absolute Gasteiger partial charge is 0.270 e. The molecule has 22 heavy (non-hydrogen) atoms. The lowest BCUT2D eigenvalue weighted by Crippen LogP contribution is -2.39. The number of nitrogens with zero attached hydrogens (tertiary/aromatic N) is 2. The Morgan fingerprint density at radius 2 is 1.91 bits per heavy atom. The monoisotopic (exact) mass is 297 g/mol. The fourth-order valence-electron chi connectivity index (χ4n) is 1.81. The summed E-state index contributed by atoms with van der Waals surface area (Å²) in [6.07, 6.45) is -0.0470. The maximum atomic E-state index is 12.0. The highest BCUT2D eigenvalue weighted by Gasteiger charge is 2.18. The number of Topliss-reactive ketones (excluding diaryl/α,β-unsaturated/α-hetero) is 1. The number of pyridine rings is 1. The second kappa shape index (κ2) is 8.53. The molecule has 0 bridgehead atoms. The average molecular weight is 297 g/mol. The predicted molar refractivity (Wildman–Crippen MR) is 85.3 cm³/mol. The molecule has 0 saturated carbocycles. The van der Waals surface area contributed by atoms with Gasteiger partial charge in [0.25, 0.3) is 5.91 Å². The molecule has 114 valence electrons. The third kappa shape index (κ3) is 4.38. The summed E-state index contributed by atoms with van der Waals surface area (Å²) in [6, 6.07) is 11.9. The van der Waals surface area contributed by atoms with E-state index in [1.165, 1.54) is 6.92 Å². The summed E-state index contributed by atoms with van der Waals surface area (Å²) in [5.74, 6) is -0.702. The Bertz CT molecular complexity index is 704. The van der Waals surface area contributed by atoms with Crippen molar-refractivity contribution in [2.24, 2.45) is 0 Å². The predicted octanol–water partition coefficient (Wildman–Crippen LogP) is 2.86. The number of rotatable bonds is 4. The van der Waals surface area contributed by atoms with Gasteiger partial charge >= 0.3 is 0 Å². The summed E-state index contributed by atoms with van der Waals surface area (Å²) in [6.45, 7) is 5.34. The van der Waals surface area contributed by atoms with E-state index in [9.17, 15) is 9.59 Å². The lowest BCUT2D eigenvalue weighted by atomic mass is 10.1. The highest BCUT2D eigenvalue weighted by molar-refractivity contribution is 5.97. The normalized spacial score (nSPS) is 10.8. The molecule has 1 N–H and O–H groups in total. The fraction of sp³-hybridized carbons (Fsp3) is 0.294. The van der Waals surface area contributed by atoms with Crippen molar-refractivity contribution >= 4 is 22.6 Å². The van der Waals surface area contributed by atoms with Crippen LogP contribution in [0.3, 0.4) is 0 Å². The number of para-hydroxylation sites is 1. The number of aromatic nitrogens is 1. The molecule has 0 aliphatic heterocycles. The van der Waals surface area contributed by atoms with E-state index in [-0.39, 0.29) is 17.9 Å². The molecule has 2 rings (SSSR count). The Hall–Kier alpha value is -2.74. The fourth-order valence-corrected chi connectivity index (χ4v) is 1.81. The molecule has 1 heterocycles. The summed E-state index contributed by atoms with van der Waals surface area (Å²) in [5, 5.41) is 12.1. The number of benzene rings is 1. The van der Waals surface area contributed by atoms with Crippen molar-refractivity contribution in [2.45, 2.75) is 33.2 Å². The number of nitrogens with one attached hydrogen (secondary N) is 1. The summed E-state index contributed by atoms with van der Waals surface area (Å²) < 4.78 is 0. The van der Waals surface area contributed by atoms with E-state index in [4.69, 9.17) is 5.26 Å². The maximum absolute atomic E-state index is 12.0. The number of ketones is 1. The first-order chi connectivity index (χ1) is 10.6. The van der Waals surface area contributed by atoms with Gasteiger partial charge in [-0.25, -0.2) is 4.98 Å². The zero-order valence-electron chi connectivity index (χ0n) is 13.0. The van der Waals surface area contributed by atoms with E-state index in [0.717, 1.165) is 5.39 Å². The van der Waals surface area contributed by atoms with Crippen molar-refractivity contribution in [3.05, 3.63) is 42.1 Å². The van der Waals surface area contributed by atoms with Crippen LogP contribution in [0.4, 0.5) is 0 Å². The van der Waals surface area contributed by atoms with Gasteiger partial charge in [-0.15, -0.1) is 0 Å². The van der Waals surface area contributed by atoms with Crippen LogP contribution >= 0.6 is 0 Å².